The molecule has 0 fully saturated rings. The molecule has 0 unspecified atom stereocenters. The first-order valence-corrected chi connectivity index (χ1v) is 9.24. The number of anilines is 1. The van der Waals surface area contributed by atoms with E-state index in [0.717, 1.165) is 28.3 Å². The lowest BCUT2D eigenvalue weighted by Gasteiger charge is -2.11. The molecule has 0 aliphatic heterocycles. The van der Waals surface area contributed by atoms with Gasteiger partial charge in [-0.2, -0.15) is 5.10 Å². The molecule has 7 heteroatoms. The van der Waals surface area contributed by atoms with Gasteiger partial charge in [0.25, 0.3) is 0 Å². The van der Waals surface area contributed by atoms with E-state index in [1.807, 2.05) is 73.7 Å². The van der Waals surface area contributed by atoms with Crippen molar-refractivity contribution in [2.75, 3.05) is 26.1 Å². The van der Waals surface area contributed by atoms with Crippen molar-refractivity contribution in [3.63, 3.8) is 0 Å². The Kier molecular flexibility index (Phi) is 6.21. The lowest BCUT2D eigenvalue weighted by molar-refractivity contribution is -0.122. The van der Waals surface area contributed by atoms with E-state index in [-0.39, 0.29) is 12.5 Å². The number of nitrogens with one attached hydrogen (secondary N) is 1. The molecule has 0 spiro atoms. The van der Waals surface area contributed by atoms with Gasteiger partial charge in [-0.15, -0.1) is 0 Å². The topological polar surface area (TPSA) is 59.4 Å². The molecule has 1 aromatic heterocycles. The second kappa shape index (κ2) is 8.80. The first-order valence-electron chi connectivity index (χ1n) is 8.86. The van der Waals surface area contributed by atoms with Crippen molar-refractivity contribution < 1.29 is 9.53 Å². The summed E-state index contributed by atoms with van der Waals surface area (Å²) in [4.78, 5) is 14.3. The monoisotopic (exact) mass is 398 g/mol. The molecule has 0 aliphatic rings. The zero-order valence-corrected chi connectivity index (χ0v) is 16.9. The van der Waals surface area contributed by atoms with Crippen molar-refractivity contribution in [3.8, 4) is 16.9 Å². The predicted molar refractivity (Wildman–Crippen MR) is 112 cm³/mol. The Hall–Kier alpha value is -2.99. The molecule has 1 heterocycles. The number of amides is 1. The number of halogens is 1. The van der Waals surface area contributed by atoms with Crippen molar-refractivity contribution in [1.29, 1.82) is 0 Å². The summed E-state index contributed by atoms with van der Waals surface area (Å²) in [5, 5.41) is 8.16. The number of nitrogens with zero attached hydrogens (tertiary/aromatic N) is 3. The molecule has 1 N–H and O–H groups in total. The van der Waals surface area contributed by atoms with Crippen LogP contribution in [0.15, 0.2) is 54.7 Å². The number of carbonyl (C=O) groups excluding carboxylic acids is 1. The maximum absolute atomic E-state index is 12.4. The fraction of sp³-hybridized carbons (Fsp3) is 0.238. The van der Waals surface area contributed by atoms with Gasteiger partial charge in [0.15, 0.2) is 5.82 Å². The Morgan fingerprint density at radius 2 is 1.82 bits per heavy atom. The standard InChI is InChI=1S/C21H23ClN4O2/c1-25(2)21-19(16-6-8-17(22)9-7-16)13-26(24-21)14-20(27)23-12-15-4-10-18(28-3)11-5-15/h4-11,13H,12,14H2,1-3H3,(H,23,27). The fourth-order valence-corrected chi connectivity index (χ4v) is 2.93. The van der Waals surface area contributed by atoms with E-state index in [9.17, 15) is 4.79 Å². The van der Waals surface area contributed by atoms with Crippen LogP contribution in [-0.2, 0) is 17.9 Å². The molecular weight excluding hydrogens is 376 g/mol. The molecule has 3 rings (SSSR count). The molecule has 3 aromatic rings. The van der Waals surface area contributed by atoms with Crippen LogP contribution < -0.4 is 15.0 Å². The van der Waals surface area contributed by atoms with Gasteiger partial charge in [0.05, 0.1) is 7.11 Å². The van der Waals surface area contributed by atoms with Gasteiger partial charge < -0.3 is 15.0 Å². The highest BCUT2D eigenvalue weighted by atomic mass is 35.5. The van der Waals surface area contributed by atoms with Crippen LogP contribution in [0.2, 0.25) is 5.02 Å². The zero-order valence-electron chi connectivity index (χ0n) is 16.1. The molecule has 6 nitrogen and oxygen atoms in total. The number of hydrogen-bond donors (Lipinski definition) is 1. The highest BCUT2D eigenvalue weighted by Gasteiger charge is 2.14. The van der Waals surface area contributed by atoms with E-state index < -0.39 is 0 Å². The molecule has 0 aliphatic carbocycles. The number of hydrogen-bond acceptors (Lipinski definition) is 4. The third-order valence-corrected chi connectivity index (χ3v) is 4.53. The predicted octanol–water partition coefficient (Wildman–Crippen LogP) is 3.59. The van der Waals surface area contributed by atoms with Crippen LogP contribution in [0.1, 0.15) is 5.56 Å². The van der Waals surface area contributed by atoms with E-state index in [4.69, 9.17) is 16.3 Å². The summed E-state index contributed by atoms with van der Waals surface area (Å²) in [5.74, 6) is 1.48. The van der Waals surface area contributed by atoms with E-state index in [2.05, 4.69) is 10.4 Å². The minimum atomic E-state index is -0.105. The number of rotatable bonds is 7. The maximum atomic E-state index is 12.4. The van der Waals surface area contributed by atoms with Gasteiger partial charge in [0.2, 0.25) is 5.91 Å². The van der Waals surface area contributed by atoms with Gasteiger partial charge in [-0.1, -0.05) is 35.9 Å². The van der Waals surface area contributed by atoms with Crippen LogP contribution in [0.3, 0.4) is 0 Å². The largest absolute Gasteiger partial charge is 0.497 e. The average Bonchev–Trinajstić information content (AvgIpc) is 3.11. The van der Waals surface area contributed by atoms with Gasteiger partial charge in [-0.3, -0.25) is 9.48 Å². The number of methoxy groups -OCH3 is 1. The van der Waals surface area contributed by atoms with Crippen molar-refractivity contribution in [2.45, 2.75) is 13.1 Å². The van der Waals surface area contributed by atoms with Crippen molar-refractivity contribution in [2.24, 2.45) is 0 Å². The summed E-state index contributed by atoms with van der Waals surface area (Å²) >= 11 is 5.99. The highest BCUT2D eigenvalue weighted by Crippen LogP contribution is 2.29. The number of benzene rings is 2. The third-order valence-electron chi connectivity index (χ3n) is 4.28. The van der Waals surface area contributed by atoms with Crippen molar-refractivity contribution >= 4 is 23.3 Å². The van der Waals surface area contributed by atoms with Crippen LogP contribution in [0.5, 0.6) is 5.75 Å². The van der Waals surface area contributed by atoms with Crippen LogP contribution >= 0.6 is 11.6 Å². The lowest BCUT2D eigenvalue weighted by atomic mass is 10.1. The van der Waals surface area contributed by atoms with Crippen LogP contribution in [-0.4, -0.2) is 36.9 Å². The van der Waals surface area contributed by atoms with Gasteiger partial charge >= 0.3 is 0 Å². The molecule has 0 saturated heterocycles. The first kappa shape index (κ1) is 19.8. The highest BCUT2D eigenvalue weighted by molar-refractivity contribution is 6.30. The zero-order chi connectivity index (χ0) is 20.1. The molecule has 2 aromatic carbocycles. The van der Waals surface area contributed by atoms with Crippen molar-refractivity contribution in [3.05, 3.63) is 65.3 Å². The fourth-order valence-electron chi connectivity index (χ4n) is 2.80. The quantitative estimate of drug-likeness (QED) is 0.660. The smallest absolute Gasteiger partial charge is 0.241 e. The van der Waals surface area contributed by atoms with Crippen LogP contribution in [0.25, 0.3) is 11.1 Å². The SMILES string of the molecule is COc1ccc(CNC(=O)Cn2cc(-c3ccc(Cl)cc3)c(N(C)C)n2)cc1. The lowest BCUT2D eigenvalue weighted by Crippen LogP contribution is -2.27. The molecular formula is C21H23ClN4O2. The van der Waals surface area contributed by atoms with E-state index in [1.54, 1.807) is 11.8 Å². The molecule has 0 atom stereocenters. The van der Waals surface area contributed by atoms with Gasteiger partial charge in [0, 0.05) is 37.4 Å². The van der Waals surface area contributed by atoms with Gasteiger partial charge in [0.1, 0.15) is 12.3 Å². The molecule has 1 amide bonds. The van der Waals surface area contributed by atoms with Crippen molar-refractivity contribution in [1.82, 2.24) is 15.1 Å². The molecule has 0 radical (unpaired) electrons. The summed E-state index contributed by atoms with van der Waals surface area (Å²) in [6.07, 6.45) is 1.88. The second-order valence-electron chi connectivity index (χ2n) is 6.59. The minimum Gasteiger partial charge on any atom is -0.497 e. The molecule has 0 bridgehead atoms. The Balaban J connectivity index is 1.68. The summed E-state index contributed by atoms with van der Waals surface area (Å²) in [7, 11) is 5.48. The van der Waals surface area contributed by atoms with Crippen LogP contribution in [0.4, 0.5) is 5.82 Å². The number of aromatic nitrogens is 2. The summed E-state index contributed by atoms with van der Waals surface area (Å²) in [5.41, 5.74) is 2.95. The summed E-state index contributed by atoms with van der Waals surface area (Å²) < 4.78 is 6.79. The Labute approximate surface area is 169 Å². The summed E-state index contributed by atoms with van der Waals surface area (Å²) in [6, 6.07) is 15.2. The number of carbonyl (C=O) groups is 1. The Morgan fingerprint density at radius 1 is 1.14 bits per heavy atom. The van der Waals surface area contributed by atoms with E-state index in [1.165, 1.54) is 0 Å². The minimum absolute atomic E-state index is 0.105. The van der Waals surface area contributed by atoms with E-state index in [0.29, 0.717) is 11.6 Å². The Bertz CT molecular complexity index is 934. The molecule has 28 heavy (non-hydrogen) atoms. The maximum Gasteiger partial charge on any atom is 0.241 e. The molecule has 146 valence electrons. The normalized spacial score (nSPS) is 10.6. The van der Waals surface area contributed by atoms with Crippen LogP contribution in [0, 0.1) is 0 Å². The molecule has 0 saturated carbocycles. The Morgan fingerprint density at radius 3 is 2.43 bits per heavy atom. The number of ether oxygens (including phenoxy) is 1. The third kappa shape index (κ3) is 4.84. The first-order chi connectivity index (χ1) is 13.5. The van der Waals surface area contributed by atoms with E-state index >= 15 is 0 Å². The second-order valence-corrected chi connectivity index (χ2v) is 7.03. The summed E-state index contributed by atoms with van der Waals surface area (Å²) in [6.45, 7) is 0.596. The van der Waals surface area contributed by atoms with Gasteiger partial charge in [-0.05, 0) is 35.4 Å². The average molecular weight is 399 g/mol. The van der Waals surface area contributed by atoms with Gasteiger partial charge in [-0.25, -0.2) is 0 Å².